The van der Waals surface area contributed by atoms with Gasteiger partial charge in [-0.05, 0) is 19.1 Å². The van der Waals surface area contributed by atoms with E-state index in [0.29, 0.717) is 5.56 Å². The zero-order valence-electron chi connectivity index (χ0n) is 10.1. The van der Waals surface area contributed by atoms with Gasteiger partial charge in [0.05, 0.1) is 17.7 Å². The van der Waals surface area contributed by atoms with E-state index >= 15 is 0 Å². The Morgan fingerprint density at radius 1 is 1.53 bits per heavy atom. The Labute approximate surface area is 118 Å². The van der Waals surface area contributed by atoms with Gasteiger partial charge in [0.2, 0.25) is 0 Å². The van der Waals surface area contributed by atoms with E-state index in [1.165, 1.54) is 23.1 Å². The molecule has 0 unspecified atom stereocenters. The third kappa shape index (κ3) is 3.34. The first-order chi connectivity index (χ1) is 9.10. The lowest BCUT2D eigenvalue weighted by Gasteiger charge is -1.99. The van der Waals surface area contributed by atoms with E-state index < -0.39 is 5.97 Å². The van der Waals surface area contributed by atoms with Crippen LogP contribution >= 0.6 is 23.1 Å². The SMILES string of the molecule is Cc1nc(Sc2ccccc2C#N)sc1CC(=O)O. The van der Waals surface area contributed by atoms with Crippen molar-refractivity contribution < 1.29 is 9.90 Å². The highest BCUT2D eigenvalue weighted by Gasteiger charge is 2.13. The normalized spacial score (nSPS) is 10.1. The van der Waals surface area contributed by atoms with Crippen LogP contribution < -0.4 is 0 Å². The Morgan fingerprint density at radius 3 is 2.95 bits per heavy atom. The van der Waals surface area contributed by atoms with Gasteiger partial charge < -0.3 is 5.11 Å². The van der Waals surface area contributed by atoms with Crippen molar-refractivity contribution in [1.82, 2.24) is 4.98 Å². The Balaban J connectivity index is 2.25. The number of aryl methyl sites for hydroxylation is 1. The van der Waals surface area contributed by atoms with Crippen LogP contribution in [-0.4, -0.2) is 16.1 Å². The highest BCUT2D eigenvalue weighted by atomic mass is 32.2. The molecule has 4 nitrogen and oxygen atoms in total. The first-order valence-corrected chi connectivity index (χ1v) is 7.08. The van der Waals surface area contributed by atoms with Crippen molar-refractivity contribution in [2.24, 2.45) is 0 Å². The van der Waals surface area contributed by atoms with Crippen molar-refractivity contribution in [2.75, 3.05) is 0 Å². The largest absolute Gasteiger partial charge is 0.481 e. The quantitative estimate of drug-likeness (QED) is 0.936. The van der Waals surface area contributed by atoms with Gasteiger partial charge in [-0.1, -0.05) is 23.9 Å². The van der Waals surface area contributed by atoms with Crippen LogP contribution in [0.1, 0.15) is 16.1 Å². The predicted octanol–water partition coefficient (Wildman–Crippen LogP) is 3.10. The van der Waals surface area contributed by atoms with E-state index in [1.54, 1.807) is 13.0 Å². The molecule has 0 aliphatic carbocycles. The minimum Gasteiger partial charge on any atom is -0.481 e. The minimum atomic E-state index is -0.860. The van der Waals surface area contributed by atoms with Crippen molar-refractivity contribution in [1.29, 1.82) is 5.26 Å². The topological polar surface area (TPSA) is 74.0 Å². The lowest BCUT2D eigenvalue weighted by atomic mass is 10.2. The molecular weight excluding hydrogens is 280 g/mol. The Bertz CT molecular complexity index is 659. The van der Waals surface area contributed by atoms with Gasteiger partial charge in [-0.15, -0.1) is 11.3 Å². The second-order valence-corrected chi connectivity index (χ2v) is 6.14. The predicted molar refractivity (Wildman–Crippen MR) is 73.5 cm³/mol. The summed E-state index contributed by atoms with van der Waals surface area (Å²) in [5.41, 5.74) is 1.34. The van der Waals surface area contributed by atoms with Crippen LogP contribution in [0.2, 0.25) is 0 Å². The maximum Gasteiger partial charge on any atom is 0.308 e. The van der Waals surface area contributed by atoms with Crippen LogP contribution in [0.25, 0.3) is 0 Å². The maximum atomic E-state index is 10.7. The van der Waals surface area contributed by atoms with Crippen LogP contribution in [0.4, 0.5) is 0 Å². The number of thiazole rings is 1. The number of benzene rings is 1. The van der Waals surface area contributed by atoms with Gasteiger partial charge in [-0.3, -0.25) is 4.79 Å². The Kier molecular flexibility index (Phi) is 4.20. The lowest BCUT2D eigenvalue weighted by Crippen LogP contribution is -1.99. The van der Waals surface area contributed by atoms with E-state index in [9.17, 15) is 4.79 Å². The molecule has 96 valence electrons. The smallest absolute Gasteiger partial charge is 0.308 e. The van der Waals surface area contributed by atoms with Crippen molar-refractivity contribution in [2.45, 2.75) is 22.6 Å². The van der Waals surface area contributed by atoms with Crippen LogP contribution in [-0.2, 0) is 11.2 Å². The van der Waals surface area contributed by atoms with Crippen LogP contribution in [0.15, 0.2) is 33.5 Å². The molecule has 19 heavy (non-hydrogen) atoms. The molecule has 0 amide bonds. The first kappa shape index (κ1) is 13.6. The number of carboxylic acids is 1. The first-order valence-electron chi connectivity index (χ1n) is 5.45. The third-order valence-electron chi connectivity index (χ3n) is 2.39. The second kappa shape index (κ2) is 5.87. The summed E-state index contributed by atoms with van der Waals surface area (Å²) in [4.78, 5) is 16.6. The molecule has 1 N–H and O–H groups in total. The van der Waals surface area contributed by atoms with Gasteiger partial charge in [0.15, 0.2) is 4.34 Å². The molecule has 0 atom stereocenters. The highest BCUT2D eigenvalue weighted by Crippen LogP contribution is 2.34. The Hall–Kier alpha value is -1.84. The molecule has 0 radical (unpaired) electrons. The fourth-order valence-corrected chi connectivity index (χ4v) is 3.75. The van der Waals surface area contributed by atoms with Gasteiger partial charge >= 0.3 is 5.97 Å². The monoisotopic (exact) mass is 290 g/mol. The molecule has 0 aliphatic rings. The van der Waals surface area contributed by atoms with Crippen molar-refractivity contribution >= 4 is 29.1 Å². The summed E-state index contributed by atoms with van der Waals surface area (Å²) in [6.45, 7) is 1.80. The molecule has 0 saturated carbocycles. The molecule has 1 aromatic heterocycles. The molecule has 2 aromatic rings. The summed E-state index contributed by atoms with van der Waals surface area (Å²) >= 11 is 2.76. The standard InChI is InChI=1S/C13H10N2O2S2/c1-8-11(6-12(16)17)19-13(15-8)18-10-5-3-2-4-9(10)7-14/h2-5H,6H2,1H3,(H,16,17). The average molecular weight is 290 g/mol. The number of carboxylic acid groups (broad SMARTS) is 1. The molecule has 2 rings (SSSR count). The Morgan fingerprint density at radius 2 is 2.26 bits per heavy atom. The van der Waals surface area contributed by atoms with E-state index in [0.717, 1.165) is 19.8 Å². The highest BCUT2D eigenvalue weighted by molar-refractivity contribution is 8.01. The summed E-state index contributed by atoms with van der Waals surface area (Å²) in [7, 11) is 0. The fraction of sp³-hybridized carbons (Fsp3) is 0.154. The average Bonchev–Trinajstić information content (AvgIpc) is 2.69. The van der Waals surface area contributed by atoms with Crippen molar-refractivity contribution in [3.63, 3.8) is 0 Å². The van der Waals surface area contributed by atoms with E-state index in [4.69, 9.17) is 10.4 Å². The van der Waals surface area contributed by atoms with Gasteiger partial charge in [0.25, 0.3) is 0 Å². The van der Waals surface area contributed by atoms with Crippen LogP contribution in [0, 0.1) is 18.3 Å². The number of rotatable bonds is 4. The van der Waals surface area contributed by atoms with E-state index in [2.05, 4.69) is 11.1 Å². The lowest BCUT2D eigenvalue weighted by molar-refractivity contribution is -0.136. The number of aromatic nitrogens is 1. The molecule has 0 fully saturated rings. The minimum absolute atomic E-state index is 0.00996. The fourth-order valence-electron chi connectivity index (χ4n) is 1.49. The summed E-state index contributed by atoms with van der Waals surface area (Å²) in [6, 6.07) is 9.41. The number of nitrogens with zero attached hydrogens (tertiary/aromatic N) is 2. The van der Waals surface area contributed by atoms with Gasteiger partial charge in [-0.25, -0.2) is 4.98 Å². The molecular formula is C13H10N2O2S2. The number of carbonyl (C=O) groups is 1. The van der Waals surface area contributed by atoms with Gasteiger partial charge in [0.1, 0.15) is 6.07 Å². The third-order valence-corrected chi connectivity index (χ3v) is 4.68. The number of nitriles is 1. The van der Waals surface area contributed by atoms with Gasteiger partial charge in [-0.2, -0.15) is 5.26 Å². The molecule has 0 aliphatic heterocycles. The molecule has 0 spiro atoms. The maximum absolute atomic E-state index is 10.7. The van der Waals surface area contributed by atoms with Gasteiger partial charge in [0, 0.05) is 9.77 Å². The molecule has 0 bridgehead atoms. The molecule has 1 heterocycles. The van der Waals surface area contributed by atoms with Crippen LogP contribution in [0.3, 0.4) is 0 Å². The zero-order valence-corrected chi connectivity index (χ0v) is 11.7. The van der Waals surface area contributed by atoms with E-state index in [-0.39, 0.29) is 6.42 Å². The zero-order chi connectivity index (χ0) is 13.8. The second-order valence-electron chi connectivity index (χ2n) is 3.77. The number of hydrogen-bond acceptors (Lipinski definition) is 5. The number of aliphatic carboxylic acids is 1. The molecule has 6 heteroatoms. The number of hydrogen-bond donors (Lipinski definition) is 1. The summed E-state index contributed by atoms with van der Waals surface area (Å²) in [5.74, 6) is -0.860. The molecule has 0 saturated heterocycles. The summed E-state index contributed by atoms with van der Waals surface area (Å²) in [5, 5.41) is 17.8. The van der Waals surface area contributed by atoms with Crippen LogP contribution in [0.5, 0.6) is 0 Å². The summed E-state index contributed by atoms with van der Waals surface area (Å²) in [6.07, 6.45) is -0.00996. The van der Waals surface area contributed by atoms with Crippen molar-refractivity contribution in [3.8, 4) is 6.07 Å². The molecule has 1 aromatic carbocycles. The summed E-state index contributed by atoms with van der Waals surface area (Å²) < 4.78 is 0.761. The van der Waals surface area contributed by atoms with Crippen molar-refractivity contribution in [3.05, 3.63) is 40.4 Å². The van der Waals surface area contributed by atoms with E-state index in [1.807, 2.05) is 18.2 Å².